The summed E-state index contributed by atoms with van der Waals surface area (Å²) in [6, 6.07) is 14.3. The number of carbonyl (C=O) groups excluding carboxylic acids is 1. The van der Waals surface area contributed by atoms with Gasteiger partial charge in [0.25, 0.3) is 0 Å². The Labute approximate surface area is 151 Å². The number of rotatable bonds is 6. The standard InChI is InChI=1S/C20H23F3N2O/c1-3-9-18(15-10-5-4-6-11-15)24-19(26)25(2)14-16-12-7-8-13-17(16)20(21,22)23/h4-8,10-13,18H,3,9,14H2,1-2H3,(H,24,26). The minimum Gasteiger partial charge on any atom is -0.331 e. The number of nitrogens with zero attached hydrogens (tertiary/aromatic N) is 1. The number of alkyl halides is 3. The summed E-state index contributed by atoms with van der Waals surface area (Å²) in [7, 11) is 1.50. The maximum Gasteiger partial charge on any atom is 0.416 e. The van der Waals surface area contributed by atoms with E-state index in [9.17, 15) is 18.0 Å². The van der Waals surface area contributed by atoms with Crippen molar-refractivity contribution in [3.05, 3.63) is 71.3 Å². The molecule has 0 aromatic heterocycles. The largest absolute Gasteiger partial charge is 0.416 e. The van der Waals surface area contributed by atoms with Crippen LogP contribution in [0.3, 0.4) is 0 Å². The number of benzene rings is 2. The number of urea groups is 1. The van der Waals surface area contributed by atoms with E-state index in [1.165, 1.54) is 24.1 Å². The first-order chi connectivity index (χ1) is 12.3. The van der Waals surface area contributed by atoms with Crippen LogP contribution in [0, 0.1) is 0 Å². The van der Waals surface area contributed by atoms with Crippen LogP contribution in [0.4, 0.5) is 18.0 Å². The van der Waals surface area contributed by atoms with Gasteiger partial charge in [0.05, 0.1) is 11.6 Å². The molecule has 3 nitrogen and oxygen atoms in total. The summed E-state index contributed by atoms with van der Waals surface area (Å²) in [5.41, 5.74) is 0.337. The molecule has 140 valence electrons. The Kier molecular flexibility index (Phi) is 6.66. The second-order valence-corrected chi connectivity index (χ2v) is 6.21. The maximum atomic E-state index is 13.1. The molecule has 0 aliphatic carbocycles. The Morgan fingerprint density at radius 1 is 1.08 bits per heavy atom. The van der Waals surface area contributed by atoms with Crippen LogP contribution in [0.1, 0.15) is 42.5 Å². The predicted molar refractivity (Wildman–Crippen MR) is 95.5 cm³/mol. The van der Waals surface area contributed by atoms with Gasteiger partial charge in [0, 0.05) is 13.6 Å². The molecule has 0 radical (unpaired) electrons. The lowest BCUT2D eigenvalue weighted by molar-refractivity contribution is -0.138. The van der Waals surface area contributed by atoms with E-state index in [0.29, 0.717) is 0 Å². The van der Waals surface area contributed by atoms with Gasteiger partial charge in [-0.2, -0.15) is 13.2 Å². The van der Waals surface area contributed by atoms with Gasteiger partial charge in [0.15, 0.2) is 0 Å². The summed E-state index contributed by atoms with van der Waals surface area (Å²) in [5, 5.41) is 2.92. The highest BCUT2D eigenvalue weighted by molar-refractivity contribution is 5.74. The van der Waals surface area contributed by atoms with Crippen molar-refractivity contribution in [1.29, 1.82) is 0 Å². The minimum absolute atomic E-state index is 0.0735. The molecule has 2 aromatic rings. The second kappa shape index (κ2) is 8.74. The molecule has 0 heterocycles. The van der Waals surface area contributed by atoms with Crippen LogP contribution in [0.5, 0.6) is 0 Å². The quantitative estimate of drug-likeness (QED) is 0.732. The van der Waals surface area contributed by atoms with Crippen LogP contribution in [-0.4, -0.2) is 18.0 Å². The predicted octanol–water partition coefficient (Wildman–Crippen LogP) is 5.39. The summed E-state index contributed by atoms with van der Waals surface area (Å²) in [4.78, 5) is 13.8. The van der Waals surface area contributed by atoms with Crippen LogP contribution < -0.4 is 5.32 Å². The summed E-state index contributed by atoms with van der Waals surface area (Å²) in [6.07, 6.45) is -2.81. The maximum absolute atomic E-state index is 13.1. The van der Waals surface area contributed by atoms with Crippen LogP contribution >= 0.6 is 0 Å². The average molecular weight is 364 g/mol. The normalized spacial score (nSPS) is 12.5. The van der Waals surface area contributed by atoms with Crippen LogP contribution in [-0.2, 0) is 12.7 Å². The zero-order chi connectivity index (χ0) is 19.2. The fourth-order valence-electron chi connectivity index (χ4n) is 2.82. The molecule has 0 aliphatic rings. The Bertz CT molecular complexity index is 716. The molecule has 0 saturated carbocycles. The number of halogens is 3. The van der Waals surface area contributed by atoms with Crippen LogP contribution in [0.2, 0.25) is 0 Å². The lowest BCUT2D eigenvalue weighted by Crippen LogP contribution is -2.39. The summed E-state index contributed by atoms with van der Waals surface area (Å²) in [6.45, 7) is 1.90. The first-order valence-corrected chi connectivity index (χ1v) is 8.54. The van der Waals surface area contributed by atoms with Crippen molar-refractivity contribution in [3.8, 4) is 0 Å². The molecule has 0 fully saturated rings. The van der Waals surface area contributed by atoms with Crippen molar-refractivity contribution in [2.75, 3.05) is 7.05 Å². The lowest BCUT2D eigenvalue weighted by Gasteiger charge is -2.25. The number of carbonyl (C=O) groups is 1. The molecule has 1 unspecified atom stereocenters. The van der Waals surface area contributed by atoms with Crippen molar-refractivity contribution >= 4 is 6.03 Å². The number of hydrogen-bond donors (Lipinski definition) is 1. The number of nitrogens with one attached hydrogen (secondary N) is 1. The van der Waals surface area contributed by atoms with Gasteiger partial charge in [0.2, 0.25) is 0 Å². The molecule has 2 amide bonds. The highest BCUT2D eigenvalue weighted by Gasteiger charge is 2.33. The molecular weight excluding hydrogens is 341 g/mol. The summed E-state index contributed by atoms with van der Waals surface area (Å²) >= 11 is 0. The summed E-state index contributed by atoms with van der Waals surface area (Å²) < 4.78 is 39.3. The van der Waals surface area contributed by atoms with Gasteiger partial charge in [0.1, 0.15) is 0 Å². The monoisotopic (exact) mass is 364 g/mol. The van der Waals surface area contributed by atoms with Gasteiger partial charge >= 0.3 is 12.2 Å². The van der Waals surface area contributed by atoms with Gasteiger partial charge in [-0.3, -0.25) is 0 Å². The lowest BCUT2D eigenvalue weighted by atomic mass is 10.0. The molecule has 2 rings (SSSR count). The van der Waals surface area contributed by atoms with E-state index >= 15 is 0 Å². The van der Waals surface area contributed by atoms with Crippen molar-refractivity contribution in [2.24, 2.45) is 0 Å². The van der Waals surface area contributed by atoms with Crippen molar-refractivity contribution in [1.82, 2.24) is 10.2 Å². The van der Waals surface area contributed by atoms with E-state index in [1.54, 1.807) is 6.07 Å². The molecule has 0 bridgehead atoms. The number of amides is 2. The van der Waals surface area contributed by atoms with Crippen LogP contribution in [0.25, 0.3) is 0 Å². The number of hydrogen-bond acceptors (Lipinski definition) is 1. The molecule has 2 aromatic carbocycles. The third kappa shape index (κ3) is 5.25. The SMILES string of the molecule is CCCC(NC(=O)N(C)Cc1ccccc1C(F)(F)F)c1ccccc1. The molecular formula is C20H23F3N2O. The van der Waals surface area contributed by atoms with Gasteiger partial charge in [-0.15, -0.1) is 0 Å². The fourth-order valence-corrected chi connectivity index (χ4v) is 2.82. The zero-order valence-corrected chi connectivity index (χ0v) is 14.9. The zero-order valence-electron chi connectivity index (χ0n) is 14.9. The molecule has 0 saturated heterocycles. The minimum atomic E-state index is -4.44. The fraction of sp³-hybridized carbons (Fsp3) is 0.350. The van der Waals surface area contributed by atoms with Crippen LogP contribution in [0.15, 0.2) is 54.6 Å². The van der Waals surface area contributed by atoms with Crippen molar-refractivity contribution in [2.45, 2.75) is 38.5 Å². The Morgan fingerprint density at radius 3 is 2.31 bits per heavy atom. The van der Waals surface area contributed by atoms with E-state index in [1.807, 2.05) is 37.3 Å². The molecule has 6 heteroatoms. The van der Waals surface area contributed by atoms with E-state index in [-0.39, 0.29) is 18.2 Å². The van der Waals surface area contributed by atoms with Crippen molar-refractivity contribution < 1.29 is 18.0 Å². The Morgan fingerprint density at radius 2 is 1.69 bits per heavy atom. The van der Waals surface area contributed by atoms with Gasteiger partial charge in [-0.25, -0.2) is 4.79 Å². The highest BCUT2D eigenvalue weighted by atomic mass is 19.4. The average Bonchev–Trinajstić information content (AvgIpc) is 2.61. The topological polar surface area (TPSA) is 32.3 Å². The molecule has 1 N–H and O–H groups in total. The molecule has 26 heavy (non-hydrogen) atoms. The smallest absolute Gasteiger partial charge is 0.331 e. The first kappa shape index (κ1) is 19.8. The molecule has 1 atom stereocenters. The first-order valence-electron chi connectivity index (χ1n) is 8.54. The van der Waals surface area contributed by atoms with Gasteiger partial charge in [-0.05, 0) is 23.6 Å². The Hall–Kier alpha value is -2.50. The molecule has 0 aliphatic heterocycles. The summed E-state index contributed by atoms with van der Waals surface area (Å²) in [5.74, 6) is 0. The van der Waals surface area contributed by atoms with E-state index in [0.717, 1.165) is 24.5 Å². The van der Waals surface area contributed by atoms with Gasteiger partial charge in [-0.1, -0.05) is 61.9 Å². The third-order valence-corrected chi connectivity index (χ3v) is 4.15. The third-order valence-electron chi connectivity index (χ3n) is 4.15. The highest BCUT2D eigenvalue weighted by Crippen LogP contribution is 2.32. The van der Waals surface area contributed by atoms with E-state index in [2.05, 4.69) is 5.32 Å². The second-order valence-electron chi connectivity index (χ2n) is 6.21. The van der Waals surface area contributed by atoms with E-state index < -0.39 is 17.8 Å². The van der Waals surface area contributed by atoms with Gasteiger partial charge < -0.3 is 10.2 Å². The van der Waals surface area contributed by atoms with E-state index in [4.69, 9.17) is 0 Å². The van der Waals surface area contributed by atoms with Crippen molar-refractivity contribution in [3.63, 3.8) is 0 Å². The Balaban J connectivity index is 2.10. The molecule has 0 spiro atoms.